The molecule has 0 atom stereocenters. The van der Waals surface area contributed by atoms with E-state index in [0.717, 1.165) is 11.6 Å². The summed E-state index contributed by atoms with van der Waals surface area (Å²) in [6.07, 6.45) is 0. The first-order chi connectivity index (χ1) is 9.49. The van der Waals surface area contributed by atoms with Gasteiger partial charge in [-0.25, -0.2) is 4.79 Å². The molecule has 2 aromatic rings. The number of ether oxygens (including phenoxy) is 1. The highest BCUT2D eigenvalue weighted by molar-refractivity contribution is 6.03. The third kappa shape index (κ3) is 2.94. The highest BCUT2D eigenvalue weighted by Gasteiger charge is 2.11. The maximum Gasteiger partial charge on any atom is 0.326 e. The Morgan fingerprint density at radius 3 is 2.60 bits per heavy atom. The monoisotopic (exact) mass is 275 g/mol. The predicted octanol–water partition coefficient (Wildman–Crippen LogP) is 0.633. The summed E-state index contributed by atoms with van der Waals surface area (Å²) in [5, 5.41) is 2.59. The fourth-order valence-electron chi connectivity index (χ4n) is 1.70. The molecular formula is C13H13N3O4. The topological polar surface area (TPSA) is 104 Å². The molecule has 2 rings (SSSR count). The van der Waals surface area contributed by atoms with Crippen molar-refractivity contribution in [2.45, 2.75) is 6.92 Å². The number of benzene rings is 1. The number of carbonyl (C=O) groups excluding carboxylic acids is 1. The van der Waals surface area contributed by atoms with E-state index in [4.69, 9.17) is 4.74 Å². The minimum absolute atomic E-state index is 0.123. The van der Waals surface area contributed by atoms with Gasteiger partial charge in [0.25, 0.3) is 11.5 Å². The quantitative estimate of drug-likeness (QED) is 0.764. The molecule has 0 saturated carbocycles. The summed E-state index contributed by atoms with van der Waals surface area (Å²) in [5.74, 6) is -0.117. The van der Waals surface area contributed by atoms with Crippen LogP contribution in [0.2, 0.25) is 0 Å². The second-order valence-corrected chi connectivity index (χ2v) is 4.16. The number of aryl methyl sites for hydroxylation is 1. The van der Waals surface area contributed by atoms with E-state index in [2.05, 4.69) is 10.3 Å². The second-order valence-electron chi connectivity index (χ2n) is 4.16. The molecule has 3 N–H and O–H groups in total. The van der Waals surface area contributed by atoms with Crippen molar-refractivity contribution in [3.05, 3.63) is 56.4 Å². The zero-order valence-electron chi connectivity index (χ0n) is 10.9. The molecule has 0 fully saturated rings. The van der Waals surface area contributed by atoms with E-state index in [1.54, 1.807) is 12.1 Å². The Labute approximate surface area is 113 Å². The lowest BCUT2D eigenvalue weighted by molar-refractivity contribution is 0.102. The van der Waals surface area contributed by atoms with Gasteiger partial charge in [-0.3, -0.25) is 14.6 Å². The van der Waals surface area contributed by atoms with Gasteiger partial charge in [0.15, 0.2) is 0 Å². The number of nitrogens with one attached hydrogen (secondary N) is 3. The van der Waals surface area contributed by atoms with E-state index in [9.17, 15) is 14.4 Å². The molecule has 1 heterocycles. The van der Waals surface area contributed by atoms with Crippen molar-refractivity contribution in [3.63, 3.8) is 0 Å². The van der Waals surface area contributed by atoms with Crippen molar-refractivity contribution in [1.82, 2.24) is 9.97 Å². The number of carbonyl (C=O) groups is 1. The molecule has 0 aliphatic heterocycles. The summed E-state index contributed by atoms with van der Waals surface area (Å²) >= 11 is 0. The van der Waals surface area contributed by atoms with Crippen LogP contribution in [0.25, 0.3) is 0 Å². The number of methoxy groups -OCH3 is 1. The third-order valence-corrected chi connectivity index (χ3v) is 2.61. The van der Waals surface area contributed by atoms with Gasteiger partial charge in [-0.05, 0) is 24.6 Å². The zero-order valence-corrected chi connectivity index (χ0v) is 10.9. The molecule has 0 spiro atoms. The molecular weight excluding hydrogens is 262 g/mol. The highest BCUT2D eigenvalue weighted by Crippen LogP contribution is 2.25. The summed E-state index contributed by atoms with van der Waals surface area (Å²) in [5.41, 5.74) is -0.115. The van der Waals surface area contributed by atoms with Crippen LogP contribution < -0.4 is 21.3 Å². The molecule has 0 aliphatic rings. The zero-order chi connectivity index (χ0) is 14.7. The van der Waals surface area contributed by atoms with Crippen LogP contribution in [0.5, 0.6) is 5.75 Å². The van der Waals surface area contributed by atoms with E-state index in [0.29, 0.717) is 11.4 Å². The highest BCUT2D eigenvalue weighted by atomic mass is 16.5. The van der Waals surface area contributed by atoms with Crippen molar-refractivity contribution in [1.29, 1.82) is 0 Å². The SMILES string of the molecule is COc1ccc(C)cc1NC(=O)c1cc(=O)[nH]c(=O)[nH]1. The molecule has 1 amide bonds. The largest absolute Gasteiger partial charge is 0.495 e. The van der Waals surface area contributed by atoms with Crippen LogP contribution in [0.15, 0.2) is 33.9 Å². The first-order valence-electron chi connectivity index (χ1n) is 5.79. The number of hydrogen-bond acceptors (Lipinski definition) is 4. The Kier molecular flexibility index (Phi) is 3.69. The molecule has 1 aromatic carbocycles. The van der Waals surface area contributed by atoms with Gasteiger partial charge < -0.3 is 15.0 Å². The van der Waals surface area contributed by atoms with Crippen LogP contribution in [0, 0.1) is 6.92 Å². The first-order valence-corrected chi connectivity index (χ1v) is 5.79. The Balaban J connectivity index is 2.34. The van der Waals surface area contributed by atoms with Crippen LogP contribution in [0.3, 0.4) is 0 Å². The minimum atomic E-state index is -0.737. The van der Waals surface area contributed by atoms with Gasteiger partial charge in [0.2, 0.25) is 0 Å². The van der Waals surface area contributed by atoms with Gasteiger partial charge in [-0.15, -0.1) is 0 Å². The van der Waals surface area contributed by atoms with E-state index in [-0.39, 0.29) is 5.69 Å². The van der Waals surface area contributed by atoms with Crippen molar-refractivity contribution >= 4 is 11.6 Å². The molecule has 1 aromatic heterocycles. The van der Waals surface area contributed by atoms with Gasteiger partial charge in [0, 0.05) is 6.07 Å². The molecule has 7 heteroatoms. The predicted molar refractivity (Wildman–Crippen MR) is 73.4 cm³/mol. The summed E-state index contributed by atoms with van der Waals surface area (Å²) in [6.45, 7) is 1.87. The molecule has 20 heavy (non-hydrogen) atoms. The Bertz CT molecular complexity index is 732. The van der Waals surface area contributed by atoms with Gasteiger partial charge in [0.05, 0.1) is 12.8 Å². The van der Waals surface area contributed by atoms with Gasteiger partial charge in [-0.2, -0.15) is 0 Å². The molecule has 104 valence electrons. The number of aromatic nitrogens is 2. The molecule has 0 bridgehead atoms. The molecule has 7 nitrogen and oxygen atoms in total. The fourth-order valence-corrected chi connectivity index (χ4v) is 1.70. The van der Waals surface area contributed by atoms with Gasteiger partial charge >= 0.3 is 5.69 Å². The lowest BCUT2D eigenvalue weighted by Gasteiger charge is -2.10. The van der Waals surface area contributed by atoms with Crippen molar-refractivity contribution < 1.29 is 9.53 Å². The van der Waals surface area contributed by atoms with Crippen LogP contribution in [0.4, 0.5) is 5.69 Å². The van der Waals surface area contributed by atoms with Crippen LogP contribution >= 0.6 is 0 Å². The average molecular weight is 275 g/mol. The van der Waals surface area contributed by atoms with E-state index >= 15 is 0 Å². The van der Waals surface area contributed by atoms with E-state index < -0.39 is 17.2 Å². The Morgan fingerprint density at radius 1 is 1.20 bits per heavy atom. The third-order valence-electron chi connectivity index (χ3n) is 2.61. The van der Waals surface area contributed by atoms with Crippen LogP contribution in [-0.2, 0) is 0 Å². The number of hydrogen-bond donors (Lipinski definition) is 3. The molecule has 0 radical (unpaired) electrons. The van der Waals surface area contributed by atoms with Crippen LogP contribution in [0.1, 0.15) is 16.1 Å². The van der Waals surface area contributed by atoms with E-state index in [1.807, 2.05) is 18.0 Å². The molecule has 0 saturated heterocycles. The number of anilines is 1. The summed E-state index contributed by atoms with van der Waals surface area (Å²) < 4.78 is 5.13. The lowest BCUT2D eigenvalue weighted by Crippen LogP contribution is -2.27. The lowest BCUT2D eigenvalue weighted by atomic mass is 10.2. The number of aromatic amines is 2. The van der Waals surface area contributed by atoms with Crippen LogP contribution in [-0.4, -0.2) is 23.0 Å². The normalized spacial score (nSPS) is 10.1. The van der Waals surface area contributed by atoms with Crippen molar-refractivity contribution in [2.24, 2.45) is 0 Å². The fraction of sp³-hybridized carbons (Fsp3) is 0.154. The summed E-state index contributed by atoms with van der Waals surface area (Å²) in [4.78, 5) is 38.5. The van der Waals surface area contributed by atoms with Gasteiger partial charge in [-0.1, -0.05) is 6.07 Å². The van der Waals surface area contributed by atoms with Crippen molar-refractivity contribution in [3.8, 4) is 5.75 Å². The molecule has 0 unspecified atom stereocenters. The molecule has 0 aliphatic carbocycles. The summed E-state index contributed by atoms with van der Waals surface area (Å²) in [6, 6.07) is 6.29. The number of amides is 1. The average Bonchev–Trinajstić information content (AvgIpc) is 2.37. The summed E-state index contributed by atoms with van der Waals surface area (Å²) in [7, 11) is 1.48. The maximum absolute atomic E-state index is 12.0. The maximum atomic E-state index is 12.0. The standard InChI is InChI=1S/C13H13N3O4/c1-7-3-4-10(20-2)8(5-7)14-12(18)9-6-11(17)16-13(19)15-9/h3-6H,1-2H3,(H,14,18)(H2,15,16,17,19). The Morgan fingerprint density at radius 2 is 1.95 bits per heavy atom. The smallest absolute Gasteiger partial charge is 0.326 e. The number of H-pyrrole nitrogens is 2. The van der Waals surface area contributed by atoms with E-state index in [1.165, 1.54) is 7.11 Å². The first kappa shape index (κ1) is 13.6. The van der Waals surface area contributed by atoms with Crippen molar-refractivity contribution in [2.75, 3.05) is 12.4 Å². The Hall–Kier alpha value is -2.83. The number of rotatable bonds is 3. The second kappa shape index (κ2) is 5.43. The van der Waals surface area contributed by atoms with Gasteiger partial charge in [0.1, 0.15) is 11.4 Å². The minimum Gasteiger partial charge on any atom is -0.495 e.